The van der Waals surface area contributed by atoms with E-state index in [4.69, 9.17) is 4.98 Å². The van der Waals surface area contributed by atoms with E-state index < -0.39 is 0 Å². The first-order valence-electron chi connectivity index (χ1n) is 10.0. The van der Waals surface area contributed by atoms with Crippen LogP contribution in [0.4, 0.5) is 4.79 Å². The molecule has 1 aromatic heterocycles. The minimum Gasteiger partial charge on any atom is -0.355 e. The smallest absolute Gasteiger partial charge is 0.315 e. The van der Waals surface area contributed by atoms with Crippen LogP contribution in [0, 0.1) is 0 Å². The van der Waals surface area contributed by atoms with Gasteiger partial charge in [0, 0.05) is 24.2 Å². The topological polar surface area (TPSA) is 88.1 Å². The lowest BCUT2D eigenvalue weighted by atomic mass is 9.87. The average Bonchev–Trinajstić information content (AvgIpc) is 3.32. The van der Waals surface area contributed by atoms with Crippen molar-refractivity contribution >= 4 is 23.0 Å². The fourth-order valence-corrected chi connectivity index (χ4v) is 4.64. The second kappa shape index (κ2) is 6.92. The molecule has 0 spiro atoms. The van der Waals surface area contributed by atoms with Gasteiger partial charge in [-0.15, -0.1) is 0 Å². The molecule has 1 aliphatic heterocycles. The van der Waals surface area contributed by atoms with Crippen LogP contribution in [0.15, 0.2) is 48.5 Å². The van der Waals surface area contributed by atoms with E-state index in [0.717, 1.165) is 41.7 Å². The van der Waals surface area contributed by atoms with Gasteiger partial charge in [0.05, 0.1) is 23.1 Å². The molecule has 3 amide bonds. The van der Waals surface area contributed by atoms with Crippen molar-refractivity contribution in [3.63, 3.8) is 0 Å². The Morgan fingerprint density at radius 3 is 2.69 bits per heavy atom. The number of aromatic nitrogens is 2. The Morgan fingerprint density at radius 2 is 1.90 bits per heavy atom. The molecular weight excluding hydrogens is 366 g/mol. The van der Waals surface area contributed by atoms with Crippen LogP contribution in [0.25, 0.3) is 22.4 Å². The quantitative estimate of drug-likeness (QED) is 0.644. The van der Waals surface area contributed by atoms with Gasteiger partial charge in [-0.05, 0) is 37.5 Å². The number of imidazole rings is 1. The third-order valence-corrected chi connectivity index (χ3v) is 6.03. The van der Waals surface area contributed by atoms with Crippen molar-refractivity contribution in [1.82, 2.24) is 25.5 Å². The minimum absolute atomic E-state index is 0.0744. The summed E-state index contributed by atoms with van der Waals surface area (Å²) in [5.74, 6) is 0.776. The number of hydrogen-bond acceptors (Lipinski definition) is 3. The fraction of sp³-hybridized carbons (Fsp3) is 0.318. The Hall–Kier alpha value is -3.35. The number of hydrogen-bond donors (Lipinski definition) is 3. The summed E-state index contributed by atoms with van der Waals surface area (Å²) in [5, 5.41) is 8.73. The van der Waals surface area contributed by atoms with Gasteiger partial charge in [-0.3, -0.25) is 4.79 Å². The van der Waals surface area contributed by atoms with E-state index in [1.807, 2.05) is 36.4 Å². The maximum absolute atomic E-state index is 12.1. The van der Waals surface area contributed by atoms with Crippen molar-refractivity contribution in [1.29, 1.82) is 0 Å². The van der Waals surface area contributed by atoms with Crippen LogP contribution in [-0.2, 0) is 0 Å². The van der Waals surface area contributed by atoms with Gasteiger partial charge in [0.15, 0.2) is 0 Å². The Labute approximate surface area is 168 Å². The Balaban J connectivity index is 1.62. The van der Waals surface area contributed by atoms with Gasteiger partial charge >= 0.3 is 6.03 Å². The number of nitrogens with one attached hydrogen (secondary N) is 3. The van der Waals surface area contributed by atoms with Crippen LogP contribution in [0.1, 0.15) is 35.7 Å². The molecule has 2 heterocycles. The summed E-state index contributed by atoms with van der Waals surface area (Å²) in [5.41, 5.74) is 3.46. The highest BCUT2D eigenvalue weighted by Gasteiger charge is 2.38. The molecule has 1 aliphatic carbocycles. The molecule has 0 bridgehead atoms. The number of carbonyl (C=O) groups is 2. The first kappa shape index (κ1) is 17.7. The molecule has 2 aromatic carbocycles. The van der Waals surface area contributed by atoms with Crippen molar-refractivity contribution in [2.24, 2.45) is 0 Å². The number of nitrogens with zero attached hydrogens (tertiary/aromatic N) is 2. The van der Waals surface area contributed by atoms with E-state index in [9.17, 15) is 9.59 Å². The average molecular weight is 389 g/mol. The Morgan fingerprint density at radius 1 is 1.10 bits per heavy atom. The van der Waals surface area contributed by atoms with Crippen molar-refractivity contribution in [2.45, 2.75) is 37.4 Å². The lowest BCUT2D eigenvalue weighted by Crippen LogP contribution is -2.40. The summed E-state index contributed by atoms with van der Waals surface area (Å²) < 4.78 is 2.29. The molecular formula is C22H23N5O2. The molecule has 1 saturated carbocycles. The molecule has 2 fully saturated rings. The summed E-state index contributed by atoms with van der Waals surface area (Å²) in [6.07, 6.45) is 2.75. The number of urea groups is 1. The number of fused-ring (bicyclic) bond motifs is 2. The minimum atomic E-state index is -0.122. The fourth-order valence-electron chi connectivity index (χ4n) is 4.64. The summed E-state index contributed by atoms with van der Waals surface area (Å²) in [6.45, 7) is 0. The van der Waals surface area contributed by atoms with Gasteiger partial charge in [-0.25, -0.2) is 9.78 Å². The second-order valence-corrected chi connectivity index (χ2v) is 7.75. The molecule has 29 heavy (non-hydrogen) atoms. The number of amides is 3. The zero-order valence-electron chi connectivity index (χ0n) is 16.2. The summed E-state index contributed by atoms with van der Waals surface area (Å²) in [6, 6.07) is 16.3. The van der Waals surface area contributed by atoms with Crippen LogP contribution in [0.2, 0.25) is 0 Å². The molecule has 3 atom stereocenters. The predicted molar refractivity (Wildman–Crippen MR) is 111 cm³/mol. The summed E-state index contributed by atoms with van der Waals surface area (Å²) in [7, 11) is 1.63. The molecule has 2 aliphatic rings. The van der Waals surface area contributed by atoms with E-state index in [0.29, 0.717) is 5.56 Å². The van der Waals surface area contributed by atoms with Crippen LogP contribution in [0.5, 0.6) is 0 Å². The molecule has 0 radical (unpaired) electrons. The molecule has 3 N–H and O–H groups in total. The monoisotopic (exact) mass is 389 g/mol. The molecule has 1 saturated heterocycles. The predicted octanol–water partition coefficient (Wildman–Crippen LogP) is 2.84. The van der Waals surface area contributed by atoms with Crippen LogP contribution in [-0.4, -0.2) is 40.6 Å². The molecule has 148 valence electrons. The van der Waals surface area contributed by atoms with Gasteiger partial charge in [-0.1, -0.05) is 30.3 Å². The standard InChI is InChI=1S/C22H23N5O2/c1-23-21(28)14-7-10-19-18(11-14)24-20(13-5-3-2-4-6-13)27(19)15-8-9-16-17(12-15)26-22(29)25-16/h2-7,10-11,15-17H,8-9,12H2,1H3,(H,23,28)(H2,25,26,29). The summed E-state index contributed by atoms with van der Waals surface area (Å²) >= 11 is 0. The van der Waals surface area contributed by atoms with Crippen molar-refractivity contribution in [3.05, 3.63) is 54.1 Å². The van der Waals surface area contributed by atoms with E-state index in [1.54, 1.807) is 7.05 Å². The molecule has 5 rings (SSSR count). The van der Waals surface area contributed by atoms with Crippen LogP contribution < -0.4 is 16.0 Å². The third kappa shape index (κ3) is 3.03. The third-order valence-electron chi connectivity index (χ3n) is 6.03. The lowest BCUT2D eigenvalue weighted by Gasteiger charge is -2.32. The normalized spacial score (nSPS) is 23.3. The largest absolute Gasteiger partial charge is 0.355 e. The van der Waals surface area contributed by atoms with Gasteiger partial charge < -0.3 is 20.5 Å². The molecule has 7 nitrogen and oxygen atoms in total. The van der Waals surface area contributed by atoms with Gasteiger partial charge in [0.1, 0.15) is 5.82 Å². The maximum Gasteiger partial charge on any atom is 0.315 e. The molecule has 7 heteroatoms. The first-order chi connectivity index (χ1) is 14.1. The van der Waals surface area contributed by atoms with Crippen molar-refractivity contribution in [2.75, 3.05) is 7.05 Å². The van der Waals surface area contributed by atoms with E-state index >= 15 is 0 Å². The number of benzene rings is 2. The highest BCUT2D eigenvalue weighted by Crippen LogP contribution is 2.37. The van der Waals surface area contributed by atoms with Gasteiger partial charge in [0.2, 0.25) is 0 Å². The van der Waals surface area contributed by atoms with Gasteiger partial charge in [0.25, 0.3) is 5.91 Å². The first-order valence-corrected chi connectivity index (χ1v) is 10.0. The molecule has 3 unspecified atom stereocenters. The van der Waals surface area contributed by atoms with E-state index in [1.165, 1.54) is 0 Å². The van der Waals surface area contributed by atoms with Crippen LogP contribution >= 0.6 is 0 Å². The zero-order chi connectivity index (χ0) is 20.0. The van der Waals surface area contributed by atoms with E-state index in [2.05, 4.69) is 32.7 Å². The van der Waals surface area contributed by atoms with Crippen molar-refractivity contribution < 1.29 is 9.59 Å². The van der Waals surface area contributed by atoms with E-state index in [-0.39, 0.29) is 30.1 Å². The second-order valence-electron chi connectivity index (χ2n) is 7.75. The van der Waals surface area contributed by atoms with Crippen molar-refractivity contribution in [3.8, 4) is 11.4 Å². The Bertz CT molecular complexity index is 1090. The highest BCUT2D eigenvalue weighted by atomic mass is 16.2. The van der Waals surface area contributed by atoms with Gasteiger partial charge in [-0.2, -0.15) is 0 Å². The SMILES string of the molecule is CNC(=O)c1ccc2c(c1)nc(-c1ccccc1)n2C1CCC2NC(=O)NC2C1. The number of carbonyl (C=O) groups excluding carboxylic acids is 2. The number of rotatable bonds is 3. The maximum atomic E-state index is 12.1. The Kier molecular flexibility index (Phi) is 4.23. The summed E-state index contributed by atoms with van der Waals surface area (Å²) in [4.78, 5) is 28.8. The highest BCUT2D eigenvalue weighted by molar-refractivity contribution is 5.97. The van der Waals surface area contributed by atoms with Crippen LogP contribution in [0.3, 0.4) is 0 Å². The zero-order valence-corrected chi connectivity index (χ0v) is 16.2. The lowest BCUT2D eigenvalue weighted by molar-refractivity contribution is 0.0963. The molecule has 3 aromatic rings.